The van der Waals surface area contributed by atoms with Gasteiger partial charge in [0.15, 0.2) is 0 Å². The van der Waals surface area contributed by atoms with Crippen LogP contribution in [0, 0.1) is 0 Å². The first-order chi connectivity index (χ1) is 8.22. The zero-order valence-electron chi connectivity index (χ0n) is 9.59. The van der Waals surface area contributed by atoms with Crippen LogP contribution in [0.2, 0.25) is 0 Å². The van der Waals surface area contributed by atoms with Crippen LogP contribution >= 0.6 is 0 Å². The number of nitrogens with one attached hydrogen (secondary N) is 2. The van der Waals surface area contributed by atoms with Crippen LogP contribution < -0.4 is 10.6 Å². The van der Waals surface area contributed by atoms with Crippen LogP contribution in [0.5, 0.6) is 0 Å². The predicted molar refractivity (Wildman–Crippen MR) is 63.1 cm³/mol. The van der Waals surface area contributed by atoms with Crippen molar-refractivity contribution in [2.75, 3.05) is 20.1 Å². The van der Waals surface area contributed by atoms with Crippen molar-refractivity contribution in [1.82, 2.24) is 15.6 Å². The monoisotopic (exact) mass is 235 g/mol. The van der Waals surface area contributed by atoms with E-state index in [2.05, 4.69) is 15.6 Å². The molecular formula is C12H14FN3O. The molecular weight excluding hydrogens is 221 g/mol. The summed E-state index contributed by atoms with van der Waals surface area (Å²) in [6.45, 7) is 1.03. The molecule has 0 atom stereocenters. The molecule has 2 N–H and O–H groups in total. The maximum atomic E-state index is 13.6. The number of hydrogen-bond acceptors (Lipinski definition) is 3. The van der Waals surface area contributed by atoms with Gasteiger partial charge < -0.3 is 10.6 Å². The molecule has 90 valence electrons. The van der Waals surface area contributed by atoms with Crippen molar-refractivity contribution in [3.05, 3.63) is 35.4 Å². The SMILES string of the molecule is CNC(=O)c1ccc(C2=C(F)CNCC2)cn1. The Bertz CT molecular complexity index is 453. The van der Waals surface area contributed by atoms with Gasteiger partial charge in [-0.2, -0.15) is 0 Å². The average molecular weight is 235 g/mol. The molecule has 4 nitrogen and oxygen atoms in total. The van der Waals surface area contributed by atoms with Crippen molar-refractivity contribution in [3.8, 4) is 0 Å². The summed E-state index contributed by atoms with van der Waals surface area (Å²) in [4.78, 5) is 15.3. The van der Waals surface area contributed by atoms with Crippen molar-refractivity contribution in [2.45, 2.75) is 6.42 Å². The number of rotatable bonds is 2. The van der Waals surface area contributed by atoms with Gasteiger partial charge >= 0.3 is 0 Å². The maximum absolute atomic E-state index is 13.6. The zero-order chi connectivity index (χ0) is 12.3. The molecule has 1 aromatic heterocycles. The van der Waals surface area contributed by atoms with E-state index >= 15 is 0 Å². The summed E-state index contributed by atoms with van der Waals surface area (Å²) in [5, 5.41) is 5.45. The van der Waals surface area contributed by atoms with E-state index in [1.165, 1.54) is 0 Å². The second-order valence-corrected chi connectivity index (χ2v) is 3.82. The molecule has 1 aliphatic heterocycles. The Hall–Kier alpha value is -1.75. The minimum atomic E-state index is -0.240. The predicted octanol–water partition coefficient (Wildman–Crippen LogP) is 1.12. The van der Waals surface area contributed by atoms with Gasteiger partial charge in [-0.05, 0) is 30.2 Å². The zero-order valence-corrected chi connectivity index (χ0v) is 9.59. The highest BCUT2D eigenvalue weighted by molar-refractivity contribution is 5.92. The maximum Gasteiger partial charge on any atom is 0.269 e. The van der Waals surface area contributed by atoms with E-state index in [1.54, 1.807) is 25.4 Å². The molecule has 1 amide bonds. The van der Waals surface area contributed by atoms with Crippen molar-refractivity contribution in [2.24, 2.45) is 0 Å². The van der Waals surface area contributed by atoms with Crippen molar-refractivity contribution >= 4 is 11.5 Å². The first-order valence-corrected chi connectivity index (χ1v) is 5.49. The number of pyridine rings is 1. The number of carbonyl (C=O) groups is 1. The van der Waals surface area contributed by atoms with Crippen LogP contribution in [0.15, 0.2) is 24.2 Å². The Morgan fingerprint density at radius 2 is 2.35 bits per heavy atom. The van der Waals surface area contributed by atoms with Crippen LogP contribution in [0.1, 0.15) is 22.5 Å². The Balaban J connectivity index is 2.26. The van der Waals surface area contributed by atoms with Crippen LogP contribution in [0.4, 0.5) is 4.39 Å². The highest BCUT2D eigenvalue weighted by atomic mass is 19.1. The molecule has 17 heavy (non-hydrogen) atoms. The minimum Gasteiger partial charge on any atom is -0.354 e. The van der Waals surface area contributed by atoms with E-state index in [4.69, 9.17) is 0 Å². The third-order valence-corrected chi connectivity index (χ3v) is 2.73. The Morgan fingerprint density at radius 3 is 2.94 bits per heavy atom. The molecule has 0 fully saturated rings. The number of carbonyl (C=O) groups excluding carboxylic acids is 1. The molecule has 0 aliphatic carbocycles. The molecule has 1 aromatic rings. The number of amides is 1. The number of hydrogen-bond donors (Lipinski definition) is 2. The van der Waals surface area contributed by atoms with E-state index in [0.717, 1.165) is 12.1 Å². The molecule has 0 saturated heterocycles. The van der Waals surface area contributed by atoms with Gasteiger partial charge in [-0.25, -0.2) is 4.39 Å². The third kappa shape index (κ3) is 2.50. The summed E-state index contributed by atoms with van der Waals surface area (Å²) in [6, 6.07) is 3.34. The van der Waals surface area contributed by atoms with E-state index in [1.807, 2.05) is 0 Å². The van der Waals surface area contributed by atoms with E-state index in [0.29, 0.717) is 17.7 Å². The van der Waals surface area contributed by atoms with Gasteiger partial charge in [0, 0.05) is 19.8 Å². The van der Waals surface area contributed by atoms with E-state index in [9.17, 15) is 9.18 Å². The minimum absolute atomic E-state index is 0.147. The first-order valence-electron chi connectivity index (χ1n) is 5.49. The molecule has 0 spiro atoms. The fourth-order valence-corrected chi connectivity index (χ4v) is 1.79. The van der Waals surface area contributed by atoms with Gasteiger partial charge in [0.05, 0.1) is 0 Å². The van der Waals surface area contributed by atoms with E-state index in [-0.39, 0.29) is 18.3 Å². The van der Waals surface area contributed by atoms with Gasteiger partial charge in [0.1, 0.15) is 11.5 Å². The van der Waals surface area contributed by atoms with E-state index < -0.39 is 0 Å². The summed E-state index contributed by atoms with van der Waals surface area (Å²) in [6.07, 6.45) is 2.19. The fraction of sp³-hybridized carbons (Fsp3) is 0.333. The quantitative estimate of drug-likeness (QED) is 0.807. The molecule has 1 aliphatic rings. The second-order valence-electron chi connectivity index (χ2n) is 3.82. The highest BCUT2D eigenvalue weighted by Gasteiger charge is 2.14. The van der Waals surface area contributed by atoms with Gasteiger partial charge in [0.25, 0.3) is 5.91 Å². The summed E-state index contributed by atoms with van der Waals surface area (Å²) >= 11 is 0. The second kappa shape index (κ2) is 5.05. The number of aromatic nitrogens is 1. The highest BCUT2D eigenvalue weighted by Crippen LogP contribution is 2.24. The lowest BCUT2D eigenvalue weighted by molar-refractivity contribution is 0.0958. The largest absolute Gasteiger partial charge is 0.354 e. The average Bonchev–Trinajstić information content (AvgIpc) is 2.39. The fourth-order valence-electron chi connectivity index (χ4n) is 1.79. The summed E-state index contributed by atoms with van der Waals surface area (Å²) in [5.74, 6) is -0.387. The molecule has 5 heteroatoms. The standard InChI is InChI=1S/C12H14FN3O/c1-14-12(17)11-3-2-8(6-16-11)9-4-5-15-7-10(9)13/h2-3,6,15H,4-5,7H2,1H3,(H,14,17). The Kier molecular flexibility index (Phi) is 3.49. The van der Waals surface area contributed by atoms with Gasteiger partial charge in [-0.3, -0.25) is 9.78 Å². The molecule has 0 aromatic carbocycles. The first kappa shape index (κ1) is 11.7. The molecule has 2 heterocycles. The van der Waals surface area contributed by atoms with Crippen molar-refractivity contribution < 1.29 is 9.18 Å². The smallest absolute Gasteiger partial charge is 0.269 e. The van der Waals surface area contributed by atoms with Crippen molar-refractivity contribution in [3.63, 3.8) is 0 Å². The topological polar surface area (TPSA) is 54.0 Å². The normalized spacial score (nSPS) is 15.9. The lowest BCUT2D eigenvalue weighted by atomic mass is 10.0. The molecule has 0 radical (unpaired) electrons. The number of halogens is 1. The lowest BCUT2D eigenvalue weighted by Crippen LogP contribution is -2.23. The van der Waals surface area contributed by atoms with Gasteiger partial charge in [0.2, 0.25) is 0 Å². The van der Waals surface area contributed by atoms with Crippen LogP contribution in [0.25, 0.3) is 5.57 Å². The lowest BCUT2D eigenvalue weighted by Gasteiger charge is -2.16. The Labute approximate surface area is 98.9 Å². The summed E-state index contributed by atoms with van der Waals surface area (Å²) in [7, 11) is 1.55. The molecule has 0 unspecified atom stereocenters. The summed E-state index contributed by atoms with van der Waals surface area (Å²) < 4.78 is 13.6. The third-order valence-electron chi connectivity index (χ3n) is 2.73. The number of nitrogens with zero attached hydrogens (tertiary/aromatic N) is 1. The molecule has 0 bridgehead atoms. The van der Waals surface area contributed by atoms with Crippen LogP contribution in [-0.2, 0) is 0 Å². The molecule has 2 rings (SSSR count). The van der Waals surface area contributed by atoms with Gasteiger partial charge in [-0.15, -0.1) is 0 Å². The van der Waals surface area contributed by atoms with Crippen molar-refractivity contribution in [1.29, 1.82) is 0 Å². The summed E-state index contributed by atoms with van der Waals surface area (Å²) in [5.41, 5.74) is 1.77. The molecule has 0 saturated carbocycles. The Morgan fingerprint density at radius 1 is 1.53 bits per heavy atom. The van der Waals surface area contributed by atoms with Crippen LogP contribution in [-0.4, -0.2) is 31.0 Å². The van der Waals surface area contributed by atoms with Gasteiger partial charge in [-0.1, -0.05) is 6.07 Å². The van der Waals surface area contributed by atoms with Crippen LogP contribution in [0.3, 0.4) is 0 Å².